The number of para-hydroxylation sites is 1. The third-order valence-electron chi connectivity index (χ3n) is 4.94. The summed E-state index contributed by atoms with van der Waals surface area (Å²) in [5, 5.41) is 7.49. The smallest absolute Gasteiger partial charge is 0.214 e. The van der Waals surface area contributed by atoms with E-state index < -0.39 is 6.23 Å². The Kier molecular flexibility index (Phi) is 3.83. The first-order chi connectivity index (χ1) is 13.2. The molecule has 0 spiro atoms. The summed E-state index contributed by atoms with van der Waals surface area (Å²) in [4.78, 5) is 0. The Balaban J connectivity index is 1.64. The minimum Gasteiger partial charge on any atom is -0.493 e. The van der Waals surface area contributed by atoms with Gasteiger partial charge in [-0.25, -0.2) is 5.01 Å². The van der Waals surface area contributed by atoms with Crippen LogP contribution in [0.3, 0.4) is 0 Å². The van der Waals surface area contributed by atoms with Crippen LogP contribution in [0.1, 0.15) is 35.6 Å². The molecule has 1 aromatic heterocycles. The molecular weight excluding hydrogens is 364 g/mol. The molecule has 2 aliphatic rings. The molecule has 0 fully saturated rings. The molecule has 0 unspecified atom stereocenters. The molecule has 3 heterocycles. The van der Waals surface area contributed by atoms with Gasteiger partial charge in [-0.2, -0.15) is 5.10 Å². The maximum absolute atomic E-state index is 6.38. The van der Waals surface area contributed by atoms with E-state index in [4.69, 9.17) is 30.6 Å². The molecule has 0 N–H and O–H groups in total. The molecule has 3 aromatic rings. The summed E-state index contributed by atoms with van der Waals surface area (Å²) in [6.07, 6.45) is 2.00. The van der Waals surface area contributed by atoms with Crippen LogP contribution in [0.2, 0.25) is 5.02 Å². The van der Waals surface area contributed by atoms with Crippen molar-refractivity contribution >= 4 is 17.3 Å². The summed E-state index contributed by atoms with van der Waals surface area (Å²) in [7, 11) is 1.65. The number of fused-ring (bicyclic) bond motifs is 3. The average Bonchev–Trinajstić information content (AvgIpc) is 3.36. The van der Waals surface area contributed by atoms with Crippen LogP contribution in [0.4, 0.5) is 0 Å². The van der Waals surface area contributed by atoms with E-state index >= 15 is 0 Å². The van der Waals surface area contributed by atoms with E-state index in [1.807, 2.05) is 53.5 Å². The number of nitrogens with zero attached hydrogens (tertiary/aromatic N) is 2. The van der Waals surface area contributed by atoms with Gasteiger partial charge < -0.3 is 13.9 Å². The molecule has 136 valence electrons. The van der Waals surface area contributed by atoms with Crippen molar-refractivity contribution in [2.45, 2.75) is 18.7 Å². The summed E-state index contributed by atoms with van der Waals surface area (Å²) in [6.45, 7) is 0. The molecule has 0 bridgehead atoms. The molecule has 0 saturated heterocycles. The Hall–Kier alpha value is -2.92. The van der Waals surface area contributed by atoms with E-state index in [1.54, 1.807) is 13.4 Å². The van der Waals surface area contributed by atoms with Crippen molar-refractivity contribution in [3.05, 3.63) is 82.8 Å². The number of ether oxygens (including phenoxy) is 2. The Morgan fingerprint density at radius 1 is 1.15 bits per heavy atom. The van der Waals surface area contributed by atoms with Crippen molar-refractivity contribution in [1.29, 1.82) is 0 Å². The number of hydrazone groups is 1. The monoisotopic (exact) mass is 380 g/mol. The molecule has 27 heavy (non-hydrogen) atoms. The maximum Gasteiger partial charge on any atom is 0.214 e. The van der Waals surface area contributed by atoms with Crippen LogP contribution in [0.5, 0.6) is 11.5 Å². The first-order valence-corrected chi connectivity index (χ1v) is 9.11. The molecule has 2 atom stereocenters. The van der Waals surface area contributed by atoms with Crippen molar-refractivity contribution in [2.75, 3.05) is 7.11 Å². The second-order valence-electron chi connectivity index (χ2n) is 6.53. The van der Waals surface area contributed by atoms with Gasteiger partial charge in [0.2, 0.25) is 6.23 Å². The van der Waals surface area contributed by atoms with Gasteiger partial charge in [0.15, 0.2) is 11.5 Å². The lowest BCUT2D eigenvalue weighted by Gasteiger charge is -2.38. The van der Waals surface area contributed by atoms with E-state index in [2.05, 4.69) is 6.07 Å². The average molecular weight is 381 g/mol. The first kappa shape index (κ1) is 16.3. The summed E-state index contributed by atoms with van der Waals surface area (Å²) in [5.74, 6) is 2.24. The van der Waals surface area contributed by atoms with Gasteiger partial charge in [-0.3, -0.25) is 0 Å². The highest BCUT2D eigenvalue weighted by Gasteiger charge is 2.42. The van der Waals surface area contributed by atoms with Crippen LogP contribution in [-0.4, -0.2) is 17.8 Å². The number of hydrogen-bond acceptors (Lipinski definition) is 5. The quantitative estimate of drug-likeness (QED) is 0.627. The lowest BCUT2D eigenvalue weighted by molar-refractivity contribution is -0.0209. The fourth-order valence-electron chi connectivity index (χ4n) is 3.72. The zero-order valence-corrected chi connectivity index (χ0v) is 15.4. The number of benzene rings is 2. The molecule has 0 saturated carbocycles. The van der Waals surface area contributed by atoms with Gasteiger partial charge in [0.25, 0.3) is 0 Å². The maximum atomic E-state index is 6.38. The molecule has 2 aromatic carbocycles. The van der Waals surface area contributed by atoms with E-state index in [0.717, 1.165) is 34.8 Å². The number of methoxy groups -OCH3 is 1. The molecule has 0 amide bonds. The van der Waals surface area contributed by atoms with Crippen LogP contribution >= 0.6 is 11.6 Å². The molecule has 0 radical (unpaired) electrons. The van der Waals surface area contributed by atoms with E-state index in [-0.39, 0.29) is 6.04 Å². The zero-order valence-electron chi connectivity index (χ0n) is 14.6. The summed E-state index contributed by atoms with van der Waals surface area (Å²) >= 11 is 6.23. The highest BCUT2D eigenvalue weighted by Crippen LogP contribution is 2.50. The third kappa shape index (κ3) is 2.66. The molecule has 6 heteroatoms. The summed E-state index contributed by atoms with van der Waals surface area (Å²) in [5.41, 5.74) is 2.89. The Morgan fingerprint density at radius 3 is 2.81 bits per heavy atom. The van der Waals surface area contributed by atoms with Gasteiger partial charge in [0.05, 0.1) is 19.4 Å². The van der Waals surface area contributed by atoms with Gasteiger partial charge in [-0.1, -0.05) is 35.9 Å². The predicted molar refractivity (Wildman–Crippen MR) is 102 cm³/mol. The number of hydrogen-bond donors (Lipinski definition) is 0. The molecular formula is C21H17ClN2O3. The second kappa shape index (κ2) is 6.35. The van der Waals surface area contributed by atoms with Gasteiger partial charge >= 0.3 is 0 Å². The molecule has 5 nitrogen and oxygen atoms in total. The predicted octanol–water partition coefficient (Wildman–Crippen LogP) is 5.18. The fourth-order valence-corrected chi connectivity index (χ4v) is 3.91. The van der Waals surface area contributed by atoms with Crippen molar-refractivity contribution in [3.8, 4) is 11.5 Å². The lowest BCUT2D eigenvalue weighted by Crippen LogP contribution is -2.33. The van der Waals surface area contributed by atoms with Crippen molar-refractivity contribution in [2.24, 2.45) is 5.10 Å². The largest absolute Gasteiger partial charge is 0.493 e. The van der Waals surface area contributed by atoms with Crippen LogP contribution < -0.4 is 9.47 Å². The third-order valence-corrected chi connectivity index (χ3v) is 5.17. The van der Waals surface area contributed by atoms with Gasteiger partial charge in [0.1, 0.15) is 11.5 Å². The van der Waals surface area contributed by atoms with Crippen LogP contribution in [0.25, 0.3) is 0 Å². The summed E-state index contributed by atoms with van der Waals surface area (Å²) < 4.78 is 17.5. The first-order valence-electron chi connectivity index (χ1n) is 8.73. The number of halogens is 1. The van der Waals surface area contributed by atoms with Crippen LogP contribution in [0.15, 0.2) is 70.4 Å². The summed E-state index contributed by atoms with van der Waals surface area (Å²) in [6, 6.07) is 17.4. The Morgan fingerprint density at radius 2 is 2.04 bits per heavy atom. The highest BCUT2D eigenvalue weighted by atomic mass is 35.5. The molecule has 5 rings (SSSR count). The minimum atomic E-state index is -0.398. The molecule has 0 aliphatic carbocycles. The second-order valence-corrected chi connectivity index (χ2v) is 6.96. The Bertz CT molecular complexity index is 1020. The van der Waals surface area contributed by atoms with Crippen molar-refractivity contribution in [1.82, 2.24) is 5.01 Å². The van der Waals surface area contributed by atoms with Gasteiger partial charge in [-0.15, -0.1) is 0 Å². The van der Waals surface area contributed by atoms with Crippen molar-refractivity contribution in [3.63, 3.8) is 0 Å². The van der Waals surface area contributed by atoms with E-state index in [9.17, 15) is 0 Å². The number of furan rings is 1. The topological polar surface area (TPSA) is 47.2 Å². The molecule has 2 aliphatic heterocycles. The lowest BCUT2D eigenvalue weighted by atomic mass is 9.97. The highest BCUT2D eigenvalue weighted by molar-refractivity contribution is 6.30. The van der Waals surface area contributed by atoms with Crippen molar-refractivity contribution < 1.29 is 13.9 Å². The standard InChI is InChI=1S/C21H17ClN2O3/c1-25-19-8-3-7-15-17-12-16(18-9-4-10-26-18)23-24(17)21(27-20(15)19)13-5-2-6-14(22)11-13/h2-11,17,21H,12H2,1H3/t17-,21+/m1/s1. The SMILES string of the molecule is COc1cccc2c1O[C@@H](c1cccc(Cl)c1)N1N=C(c3ccco3)C[C@H]21. The Labute approximate surface area is 161 Å². The van der Waals surface area contributed by atoms with E-state index in [0.29, 0.717) is 10.8 Å². The van der Waals surface area contributed by atoms with Gasteiger partial charge in [-0.05, 0) is 30.3 Å². The van der Waals surface area contributed by atoms with Gasteiger partial charge in [0, 0.05) is 22.6 Å². The fraction of sp³-hybridized carbons (Fsp3) is 0.190. The zero-order chi connectivity index (χ0) is 18.4. The number of rotatable bonds is 3. The minimum absolute atomic E-state index is 0.0351. The normalized spacial score (nSPS) is 20.5. The van der Waals surface area contributed by atoms with Crippen LogP contribution in [0, 0.1) is 0 Å². The van der Waals surface area contributed by atoms with E-state index in [1.165, 1.54) is 0 Å². The van der Waals surface area contributed by atoms with Crippen LogP contribution in [-0.2, 0) is 0 Å².